The van der Waals surface area contributed by atoms with E-state index >= 15 is 0 Å². The van der Waals surface area contributed by atoms with Gasteiger partial charge in [0.2, 0.25) is 0 Å². The molecule has 3 aromatic rings. The van der Waals surface area contributed by atoms with E-state index in [0.29, 0.717) is 0 Å². The van der Waals surface area contributed by atoms with Crippen molar-refractivity contribution in [3.8, 4) is 0 Å². The number of nitrogens with two attached hydrogens (primary N) is 1. The zero-order chi connectivity index (χ0) is 14.7. The van der Waals surface area contributed by atoms with Crippen molar-refractivity contribution in [3.05, 3.63) is 71.9 Å². The van der Waals surface area contributed by atoms with Crippen molar-refractivity contribution in [3.63, 3.8) is 0 Å². The Morgan fingerprint density at radius 2 is 1.81 bits per heavy atom. The first-order valence-electron chi connectivity index (χ1n) is 7.60. The summed E-state index contributed by atoms with van der Waals surface area (Å²) in [7, 11) is 0. The summed E-state index contributed by atoms with van der Waals surface area (Å²) >= 11 is 0. The molecule has 0 radical (unpaired) electrons. The SMILES string of the molecule is CC(N)Cc1cccc2c1ccn2CCc1ccccc1. The van der Waals surface area contributed by atoms with Crippen LogP contribution >= 0.6 is 0 Å². The lowest BCUT2D eigenvalue weighted by Gasteiger charge is -2.09. The van der Waals surface area contributed by atoms with Gasteiger partial charge in [-0.25, -0.2) is 0 Å². The molecule has 2 nitrogen and oxygen atoms in total. The number of benzene rings is 2. The Bertz CT molecular complexity index is 711. The smallest absolute Gasteiger partial charge is 0.0483 e. The summed E-state index contributed by atoms with van der Waals surface area (Å²) in [4.78, 5) is 0. The number of rotatable bonds is 5. The van der Waals surface area contributed by atoms with E-state index in [2.05, 4.69) is 72.3 Å². The first-order chi connectivity index (χ1) is 10.2. The van der Waals surface area contributed by atoms with E-state index in [0.717, 1.165) is 19.4 Å². The summed E-state index contributed by atoms with van der Waals surface area (Å²) in [6.45, 7) is 3.07. The fourth-order valence-corrected chi connectivity index (χ4v) is 2.90. The van der Waals surface area contributed by atoms with Gasteiger partial charge in [-0.1, -0.05) is 42.5 Å². The van der Waals surface area contributed by atoms with Crippen molar-refractivity contribution in [2.24, 2.45) is 5.73 Å². The van der Waals surface area contributed by atoms with Gasteiger partial charge < -0.3 is 10.3 Å². The molecule has 1 aromatic heterocycles. The Balaban J connectivity index is 1.83. The van der Waals surface area contributed by atoms with Crippen LogP contribution in [0.15, 0.2) is 60.8 Å². The quantitative estimate of drug-likeness (QED) is 0.756. The van der Waals surface area contributed by atoms with Crippen LogP contribution in [0.2, 0.25) is 0 Å². The van der Waals surface area contributed by atoms with Gasteiger partial charge in [0.05, 0.1) is 0 Å². The molecule has 0 amide bonds. The molecule has 2 N–H and O–H groups in total. The van der Waals surface area contributed by atoms with Gasteiger partial charge >= 0.3 is 0 Å². The second kappa shape index (κ2) is 6.15. The van der Waals surface area contributed by atoms with Crippen LogP contribution in [0.3, 0.4) is 0 Å². The molecule has 1 unspecified atom stereocenters. The number of hydrogen-bond acceptors (Lipinski definition) is 1. The van der Waals surface area contributed by atoms with Crippen molar-refractivity contribution in [1.82, 2.24) is 4.57 Å². The van der Waals surface area contributed by atoms with Gasteiger partial charge in [-0.2, -0.15) is 0 Å². The second-order valence-corrected chi connectivity index (χ2v) is 5.78. The molecule has 1 heterocycles. The number of aryl methyl sites for hydroxylation is 2. The lowest BCUT2D eigenvalue weighted by atomic mass is 10.0. The largest absolute Gasteiger partial charge is 0.347 e. The number of aromatic nitrogens is 1. The van der Waals surface area contributed by atoms with Gasteiger partial charge in [0.1, 0.15) is 0 Å². The van der Waals surface area contributed by atoms with Gasteiger partial charge in [-0.15, -0.1) is 0 Å². The molecule has 0 aliphatic heterocycles. The molecule has 0 saturated carbocycles. The third-order valence-electron chi connectivity index (χ3n) is 3.93. The minimum atomic E-state index is 0.197. The Kier molecular flexibility index (Phi) is 4.07. The van der Waals surface area contributed by atoms with Gasteiger partial charge in [-0.05, 0) is 43.0 Å². The highest BCUT2D eigenvalue weighted by Gasteiger charge is 2.07. The highest BCUT2D eigenvalue weighted by atomic mass is 14.9. The maximum absolute atomic E-state index is 5.95. The lowest BCUT2D eigenvalue weighted by molar-refractivity contribution is 0.722. The van der Waals surface area contributed by atoms with Crippen molar-refractivity contribution >= 4 is 10.9 Å². The Hall–Kier alpha value is -2.06. The number of nitrogens with zero attached hydrogens (tertiary/aromatic N) is 1. The van der Waals surface area contributed by atoms with Crippen LogP contribution in [-0.4, -0.2) is 10.6 Å². The fraction of sp³-hybridized carbons (Fsp3) is 0.263. The summed E-state index contributed by atoms with van der Waals surface area (Å²) in [6, 6.07) is 19.6. The zero-order valence-electron chi connectivity index (χ0n) is 12.5. The average Bonchev–Trinajstić information content (AvgIpc) is 2.90. The molecule has 108 valence electrons. The molecule has 1 atom stereocenters. The maximum Gasteiger partial charge on any atom is 0.0483 e. The molecule has 2 aromatic carbocycles. The van der Waals surface area contributed by atoms with Crippen molar-refractivity contribution in [2.45, 2.75) is 32.4 Å². The molecule has 3 rings (SSSR count). The molecule has 0 fully saturated rings. The van der Waals surface area contributed by atoms with Crippen LogP contribution in [0.25, 0.3) is 10.9 Å². The van der Waals surface area contributed by atoms with E-state index in [4.69, 9.17) is 5.73 Å². The van der Waals surface area contributed by atoms with E-state index in [1.807, 2.05) is 0 Å². The van der Waals surface area contributed by atoms with Crippen molar-refractivity contribution in [2.75, 3.05) is 0 Å². The minimum Gasteiger partial charge on any atom is -0.347 e. The van der Waals surface area contributed by atoms with Gasteiger partial charge in [0.25, 0.3) is 0 Å². The Morgan fingerprint density at radius 1 is 1.00 bits per heavy atom. The third-order valence-corrected chi connectivity index (χ3v) is 3.93. The average molecular weight is 278 g/mol. The topological polar surface area (TPSA) is 30.9 Å². The maximum atomic E-state index is 5.95. The molecule has 0 spiro atoms. The van der Waals surface area contributed by atoms with Gasteiger partial charge in [0, 0.05) is 29.7 Å². The van der Waals surface area contributed by atoms with Crippen LogP contribution in [-0.2, 0) is 19.4 Å². The molecular weight excluding hydrogens is 256 g/mol. The normalized spacial score (nSPS) is 12.7. The molecule has 0 bridgehead atoms. The predicted molar refractivity (Wildman–Crippen MR) is 89.4 cm³/mol. The van der Waals surface area contributed by atoms with E-state index in [-0.39, 0.29) is 6.04 Å². The monoisotopic (exact) mass is 278 g/mol. The van der Waals surface area contributed by atoms with Crippen LogP contribution < -0.4 is 5.73 Å². The second-order valence-electron chi connectivity index (χ2n) is 5.78. The Labute approximate surface area is 126 Å². The summed E-state index contributed by atoms with van der Waals surface area (Å²) < 4.78 is 2.34. The van der Waals surface area contributed by atoms with Crippen LogP contribution in [0.4, 0.5) is 0 Å². The van der Waals surface area contributed by atoms with Crippen molar-refractivity contribution < 1.29 is 0 Å². The van der Waals surface area contributed by atoms with E-state index < -0.39 is 0 Å². The van der Waals surface area contributed by atoms with Crippen LogP contribution in [0, 0.1) is 0 Å². The van der Waals surface area contributed by atoms with Gasteiger partial charge in [-0.3, -0.25) is 0 Å². The highest BCUT2D eigenvalue weighted by Crippen LogP contribution is 2.21. The van der Waals surface area contributed by atoms with E-state index in [1.54, 1.807) is 0 Å². The Morgan fingerprint density at radius 3 is 2.57 bits per heavy atom. The summed E-state index contributed by atoms with van der Waals surface area (Å²) in [5, 5.41) is 1.34. The molecular formula is C19H22N2. The standard InChI is InChI=1S/C19H22N2/c1-15(20)14-17-8-5-9-19-18(17)11-13-21(19)12-10-16-6-3-2-4-7-16/h2-9,11,13,15H,10,12,14,20H2,1H3. The zero-order valence-corrected chi connectivity index (χ0v) is 12.5. The van der Waals surface area contributed by atoms with E-state index in [1.165, 1.54) is 22.0 Å². The van der Waals surface area contributed by atoms with Crippen LogP contribution in [0.5, 0.6) is 0 Å². The lowest BCUT2D eigenvalue weighted by Crippen LogP contribution is -2.17. The van der Waals surface area contributed by atoms with Gasteiger partial charge in [0.15, 0.2) is 0 Å². The summed E-state index contributed by atoms with van der Waals surface area (Å²) in [5.41, 5.74) is 9.99. The summed E-state index contributed by atoms with van der Waals surface area (Å²) in [5.74, 6) is 0. The van der Waals surface area contributed by atoms with E-state index in [9.17, 15) is 0 Å². The molecule has 21 heavy (non-hydrogen) atoms. The molecule has 0 aliphatic rings. The first kappa shape index (κ1) is 13.9. The highest BCUT2D eigenvalue weighted by molar-refractivity contribution is 5.83. The van der Waals surface area contributed by atoms with Crippen molar-refractivity contribution in [1.29, 1.82) is 0 Å². The first-order valence-corrected chi connectivity index (χ1v) is 7.60. The summed E-state index contributed by atoms with van der Waals surface area (Å²) in [6.07, 6.45) is 4.18. The number of fused-ring (bicyclic) bond motifs is 1. The predicted octanol–water partition coefficient (Wildman–Crippen LogP) is 3.77. The van der Waals surface area contributed by atoms with Crippen LogP contribution in [0.1, 0.15) is 18.1 Å². The fourth-order valence-electron chi connectivity index (χ4n) is 2.90. The number of hydrogen-bond donors (Lipinski definition) is 1. The molecule has 0 aliphatic carbocycles. The third kappa shape index (κ3) is 3.17. The molecule has 2 heteroatoms. The molecule has 0 saturated heterocycles. The minimum absolute atomic E-state index is 0.197.